The van der Waals surface area contributed by atoms with Crippen LogP contribution in [0.25, 0.3) is 56.2 Å². The van der Waals surface area contributed by atoms with E-state index in [-0.39, 0.29) is 0 Å². The summed E-state index contributed by atoms with van der Waals surface area (Å²) in [6.45, 7) is 4.34. The third-order valence-corrected chi connectivity index (χ3v) is 14.0. The van der Waals surface area contributed by atoms with Gasteiger partial charge < -0.3 is 18.6 Å². The molecule has 6 heteroatoms. The van der Waals surface area contributed by atoms with Gasteiger partial charge in [-0.3, -0.25) is 0 Å². The van der Waals surface area contributed by atoms with Gasteiger partial charge in [-0.2, -0.15) is 0 Å². The van der Waals surface area contributed by atoms with E-state index in [0.717, 1.165) is 101 Å². The highest BCUT2D eigenvalue weighted by molar-refractivity contribution is 6.15. The first-order valence-corrected chi connectivity index (χ1v) is 24.1. The van der Waals surface area contributed by atoms with Crippen molar-refractivity contribution in [2.75, 3.05) is 9.80 Å². The monoisotopic (exact) mass is 914 g/mol. The van der Waals surface area contributed by atoms with Crippen molar-refractivity contribution in [2.24, 2.45) is 0 Å². The van der Waals surface area contributed by atoms with Crippen molar-refractivity contribution in [3.8, 4) is 34.0 Å². The zero-order valence-corrected chi connectivity index (χ0v) is 39.2. The van der Waals surface area contributed by atoms with E-state index in [2.05, 4.69) is 230 Å². The Bertz CT molecular complexity index is 3630. The van der Waals surface area contributed by atoms with Crippen LogP contribution in [0.15, 0.2) is 251 Å². The summed E-state index contributed by atoms with van der Waals surface area (Å²) < 4.78 is 14.7. The van der Waals surface area contributed by atoms with E-state index in [0.29, 0.717) is 22.9 Å². The molecule has 12 aromatic rings. The van der Waals surface area contributed by atoms with Crippen LogP contribution in [0, 0.1) is 13.8 Å². The number of anilines is 6. The minimum absolute atomic E-state index is 0.525. The molecule has 338 valence electrons. The number of rotatable bonds is 10. The third kappa shape index (κ3) is 6.71. The van der Waals surface area contributed by atoms with Crippen LogP contribution in [0.2, 0.25) is 0 Å². The van der Waals surface area contributed by atoms with Gasteiger partial charge in [0, 0.05) is 45.0 Å². The lowest BCUT2D eigenvalue weighted by Gasteiger charge is -2.36. The average Bonchev–Trinajstić information content (AvgIpc) is 4.16. The summed E-state index contributed by atoms with van der Waals surface area (Å²) in [4.78, 5) is 15.8. The Kier molecular flexibility index (Phi) is 10.1. The number of benzene rings is 10. The van der Waals surface area contributed by atoms with E-state index in [1.54, 1.807) is 0 Å². The van der Waals surface area contributed by atoms with Gasteiger partial charge >= 0.3 is 0 Å². The van der Waals surface area contributed by atoms with Gasteiger partial charge in [-0.05, 0) is 120 Å². The fourth-order valence-corrected chi connectivity index (χ4v) is 10.9. The third-order valence-electron chi connectivity index (χ3n) is 14.0. The summed E-state index contributed by atoms with van der Waals surface area (Å²) in [6, 6.07) is 85.3. The summed E-state index contributed by atoms with van der Waals surface area (Å²) in [5.74, 6) is 1.05. The van der Waals surface area contributed by atoms with Crippen LogP contribution < -0.4 is 9.80 Å². The molecule has 1 aliphatic rings. The first kappa shape index (κ1) is 41.9. The molecule has 6 nitrogen and oxygen atoms in total. The Hall–Kier alpha value is -9.26. The predicted molar refractivity (Wildman–Crippen MR) is 289 cm³/mol. The second-order valence-corrected chi connectivity index (χ2v) is 18.2. The minimum Gasteiger partial charge on any atom is -0.435 e. The molecule has 0 spiro atoms. The maximum absolute atomic E-state index is 7.37. The van der Waals surface area contributed by atoms with Crippen LogP contribution in [0.3, 0.4) is 0 Å². The van der Waals surface area contributed by atoms with Gasteiger partial charge in [-0.1, -0.05) is 170 Å². The molecule has 71 heavy (non-hydrogen) atoms. The van der Waals surface area contributed by atoms with Crippen LogP contribution in [-0.4, -0.2) is 9.97 Å². The smallest absolute Gasteiger partial charge is 0.227 e. The molecule has 0 radical (unpaired) electrons. The molecular weight excluding hydrogens is 869 g/mol. The molecule has 0 N–H and O–H groups in total. The lowest BCUT2D eigenvalue weighted by Crippen LogP contribution is -2.29. The van der Waals surface area contributed by atoms with E-state index >= 15 is 0 Å². The highest BCUT2D eigenvalue weighted by Crippen LogP contribution is 2.63. The Morgan fingerprint density at radius 3 is 1.04 bits per heavy atom. The molecule has 0 saturated carbocycles. The number of oxazole rings is 2. The van der Waals surface area contributed by atoms with Crippen molar-refractivity contribution in [1.29, 1.82) is 0 Å². The van der Waals surface area contributed by atoms with Crippen molar-refractivity contribution in [2.45, 2.75) is 19.3 Å². The summed E-state index contributed by atoms with van der Waals surface area (Å²) in [7, 11) is 0. The highest BCUT2D eigenvalue weighted by Gasteiger charge is 2.51. The first-order chi connectivity index (χ1) is 35.1. The Labute approximate surface area is 412 Å². The SMILES string of the molecule is Cc1ccccc1N(c1ccccc1)c1cc2c(c3oc(-c4ccccc4)nc13)-c1c(cc(N(c3ccccc3)c3ccccc3C)c3nc(-c4ccccc4)oc13)C2(c1ccccc1)c1ccccc1. The average molecular weight is 915 g/mol. The molecule has 0 bridgehead atoms. The summed E-state index contributed by atoms with van der Waals surface area (Å²) >= 11 is 0. The van der Waals surface area contributed by atoms with E-state index in [4.69, 9.17) is 18.8 Å². The molecule has 0 aliphatic heterocycles. The summed E-state index contributed by atoms with van der Waals surface area (Å²) in [5, 5.41) is 0. The van der Waals surface area contributed by atoms with Gasteiger partial charge in [0.25, 0.3) is 0 Å². The van der Waals surface area contributed by atoms with Crippen molar-refractivity contribution in [3.05, 3.63) is 276 Å². The summed E-state index contributed by atoms with van der Waals surface area (Å²) in [5.41, 5.74) is 17.8. The van der Waals surface area contributed by atoms with E-state index < -0.39 is 5.41 Å². The molecule has 0 saturated heterocycles. The Morgan fingerprint density at radius 2 is 0.676 bits per heavy atom. The van der Waals surface area contributed by atoms with Crippen molar-refractivity contribution in [1.82, 2.24) is 9.97 Å². The molecule has 2 aromatic heterocycles. The number of hydrogen-bond acceptors (Lipinski definition) is 6. The molecule has 1 aliphatic carbocycles. The number of aromatic nitrogens is 2. The van der Waals surface area contributed by atoms with Crippen molar-refractivity contribution < 1.29 is 8.83 Å². The Morgan fingerprint density at radius 1 is 0.352 bits per heavy atom. The lowest BCUT2D eigenvalue weighted by molar-refractivity contribution is 0.616. The van der Waals surface area contributed by atoms with Crippen molar-refractivity contribution in [3.63, 3.8) is 0 Å². The largest absolute Gasteiger partial charge is 0.435 e. The normalized spacial score (nSPS) is 12.5. The second-order valence-electron chi connectivity index (χ2n) is 18.2. The summed E-state index contributed by atoms with van der Waals surface area (Å²) in [6.07, 6.45) is 0. The standard InChI is InChI=1S/C65H46N4O2/c1-43-25-21-23-39-53(43)68(49-35-17-7-18-36-49)55-41-51-57(61-59(55)66-63(70-61)45-27-9-3-10-28-45)58-52(65(51,47-31-13-5-14-32-47)48-33-15-6-16-34-48)42-56(60-62(58)71-64(67-60)46-29-11-4-12-30-46)69(50-37-19-8-20-38-50)54-40-24-22-26-44(54)2/h3-42H,1-2H3. The molecule has 0 amide bonds. The molecule has 0 fully saturated rings. The topological polar surface area (TPSA) is 58.5 Å². The number of para-hydroxylation sites is 4. The lowest BCUT2D eigenvalue weighted by atomic mass is 9.67. The fourth-order valence-electron chi connectivity index (χ4n) is 10.9. The number of fused-ring (bicyclic) bond motifs is 7. The van der Waals surface area contributed by atoms with E-state index in [1.165, 1.54) is 0 Å². The molecule has 10 aromatic carbocycles. The van der Waals surface area contributed by atoms with Gasteiger partial charge in [0.05, 0.1) is 16.8 Å². The van der Waals surface area contributed by atoms with Crippen LogP contribution >= 0.6 is 0 Å². The molecule has 13 rings (SSSR count). The van der Waals surface area contributed by atoms with Crippen LogP contribution in [0.5, 0.6) is 0 Å². The predicted octanol–water partition coefficient (Wildman–Crippen LogP) is 17.2. The van der Waals surface area contributed by atoms with Crippen LogP contribution in [0.4, 0.5) is 34.1 Å². The van der Waals surface area contributed by atoms with Crippen LogP contribution in [-0.2, 0) is 5.41 Å². The Balaban J connectivity index is 1.26. The maximum atomic E-state index is 7.37. The molecule has 0 atom stereocenters. The van der Waals surface area contributed by atoms with Gasteiger partial charge in [0.1, 0.15) is 11.0 Å². The number of nitrogens with zero attached hydrogens (tertiary/aromatic N) is 4. The number of aryl methyl sites for hydroxylation is 2. The van der Waals surface area contributed by atoms with E-state index in [9.17, 15) is 0 Å². The second kappa shape index (κ2) is 17.1. The van der Waals surface area contributed by atoms with Gasteiger partial charge in [-0.25, -0.2) is 9.97 Å². The van der Waals surface area contributed by atoms with Gasteiger partial charge in [-0.15, -0.1) is 0 Å². The van der Waals surface area contributed by atoms with E-state index in [1.807, 2.05) is 36.4 Å². The highest BCUT2D eigenvalue weighted by atomic mass is 16.4. The first-order valence-electron chi connectivity index (χ1n) is 24.1. The van der Waals surface area contributed by atoms with Crippen molar-refractivity contribution >= 4 is 56.3 Å². The maximum Gasteiger partial charge on any atom is 0.227 e. The van der Waals surface area contributed by atoms with Crippen LogP contribution in [0.1, 0.15) is 33.4 Å². The molecule has 0 unspecified atom stereocenters. The quantitative estimate of drug-likeness (QED) is 0.136. The zero-order valence-electron chi connectivity index (χ0n) is 39.2. The van der Waals surface area contributed by atoms with Gasteiger partial charge in [0.2, 0.25) is 11.8 Å². The fraction of sp³-hybridized carbons (Fsp3) is 0.0462. The molecule has 2 heterocycles. The van der Waals surface area contributed by atoms with Gasteiger partial charge in [0.15, 0.2) is 11.2 Å². The molecular formula is C65H46N4O2. The number of hydrogen-bond donors (Lipinski definition) is 0. The minimum atomic E-state index is -0.930. The zero-order chi connectivity index (χ0) is 47.5.